The van der Waals surface area contributed by atoms with Gasteiger partial charge in [-0.1, -0.05) is 28.8 Å². The van der Waals surface area contributed by atoms with Crippen molar-refractivity contribution in [3.8, 4) is 0 Å². The third-order valence-corrected chi connectivity index (χ3v) is 4.43. The van der Waals surface area contributed by atoms with E-state index in [1.165, 1.54) is 18.3 Å². The van der Waals surface area contributed by atoms with Gasteiger partial charge in [-0.05, 0) is 31.2 Å². The van der Waals surface area contributed by atoms with Gasteiger partial charge < -0.3 is 4.42 Å². The van der Waals surface area contributed by atoms with Crippen LogP contribution in [0.5, 0.6) is 0 Å². The number of aromatic nitrogens is 2. The number of hydrogen-bond acceptors (Lipinski definition) is 6. The summed E-state index contributed by atoms with van der Waals surface area (Å²) >= 11 is 7.30. The van der Waals surface area contributed by atoms with Crippen LogP contribution in [0.15, 0.2) is 40.8 Å². The fourth-order valence-electron chi connectivity index (χ4n) is 2.00. The first-order valence-corrected chi connectivity index (χ1v) is 8.19. The van der Waals surface area contributed by atoms with Crippen molar-refractivity contribution in [2.24, 2.45) is 0 Å². The van der Waals surface area contributed by atoms with Crippen LogP contribution in [0.3, 0.4) is 0 Å². The highest BCUT2D eigenvalue weighted by atomic mass is 35.5. The lowest BCUT2D eigenvalue weighted by Gasteiger charge is -2.01. The number of benzene rings is 1. The van der Waals surface area contributed by atoms with Crippen LogP contribution in [0.25, 0.3) is 0 Å². The minimum absolute atomic E-state index is 0.0216. The molecule has 3 aromatic rings. The van der Waals surface area contributed by atoms with E-state index in [1.54, 1.807) is 30.3 Å². The first-order valence-electron chi connectivity index (χ1n) is 7.00. The number of anilines is 1. The zero-order chi connectivity index (χ0) is 17.1. The molecule has 6 nitrogen and oxygen atoms in total. The number of ketones is 1. The van der Waals surface area contributed by atoms with Gasteiger partial charge in [0.2, 0.25) is 5.89 Å². The number of amides is 1. The van der Waals surface area contributed by atoms with Crippen LogP contribution in [0.2, 0.25) is 4.34 Å². The normalized spacial score (nSPS) is 10.6. The van der Waals surface area contributed by atoms with Crippen LogP contribution >= 0.6 is 22.9 Å². The van der Waals surface area contributed by atoms with Gasteiger partial charge in [0.05, 0.1) is 10.8 Å². The summed E-state index contributed by atoms with van der Waals surface area (Å²) in [6, 6.07) is 10.0. The van der Waals surface area contributed by atoms with Crippen molar-refractivity contribution in [3.05, 3.63) is 62.6 Å². The summed E-state index contributed by atoms with van der Waals surface area (Å²) in [7, 11) is 0. The smallest absolute Gasteiger partial charge is 0.322 e. The van der Waals surface area contributed by atoms with E-state index < -0.39 is 0 Å². The van der Waals surface area contributed by atoms with E-state index in [2.05, 4.69) is 15.5 Å². The van der Waals surface area contributed by atoms with Gasteiger partial charge in [-0.2, -0.15) is 0 Å². The van der Waals surface area contributed by atoms with E-state index >= 15 is 0 Å². The molecule has 0 spiro atoms. The Morgan fingerprint density at radius 1 is 1.12 bits per heavy atom. The van der Waals surface area contributed by atoms with Crippen LogP contribution in [0.4, 0.5) is 6.01 Å². The molecule has 0 aliphatic heterocycles. The molecule has 122 valence electrons. The molecule has 3 rings (SSSR count). The van der Waals surface area contributed by atoms with Crippen molar-refractivity contribution < 1.29 is 14.0 Å². The van der Waals surface area contributed by atoms with E-state index in [-0.39, 0.29) is 17.7 Å². The summed E-state index contributed by atoms with van der Waals surface area (Å²) in [5, 5.41) is 10.2. The van der Waals surface area contributed by atoms with E-state index in [0.717, 1.165) is 4.88 Å². The highest BCUT2D eigenvalue weighted by molar-refractivity contribution is 7.16. The first kappa shape index (κ1) is 16.4. The number of nitrogens with one attached hydrogen (secondary N) is 1. The molecule has 0 saturated heterocycles. The molecular weight excluding hydrogens is 350 g/mol. The van der Waals surface area contributed by atoms with Gasteiger partial charge in [-0.25, -0.2) is 0 Å². The van der Waals surface area contributed by atoms with E-state index in [9.17, 15) is 9.59 Å². The van der Waals surface area contributed by atoms with Crippen molar-refractivity contribution in [2.45, 2.75) is 13.3 Å². The van der Waals surface area contributed by atoms with E-state index in [1.807, 2.05) is 6.07 Å². The maximum atomic E-state index is 12.1. The molecule has 0 atom stereocenters. The Labute approximate surface area is 146 Å². The average Bonchev–Trinajstić information content (AvgIpc) is 3.17. The molecule has 0 saturated carbocycles. The Hall–Kier alpha value is -2.51. The molecular formula is C16H12ClN3O3S. The second-order valence-electron chi connectivity index (χ2n) is 4.97. The molecule has 24 heavy (non-hydrogen) atoms. The summed E-state index contributed by atoms with van der Waals surface area (Å²) in [5.41, 5.74) is 0.936. The number of nitrogens with zero attached hydrogens (tertiary/aromatic N) is 2. The van der Waals surface area contributed by atoms with Crippen molar-refractivity contribution in [1.82, 2.24) is 10.2 Å². The van der Waals surface area contributed by atoms with Gasteiger partial charge in [-0.15, -0.1) is 16.4 Å². The van der Waals surface area contributed by atoms with Crippen LogP contribution in [-0.2, 0) is 6.42 Å². The molecule has 1 amide bonds. The topological polar surface area (TPSA) is 85.1 Å². The SMILES string of the molecule is CC(=O)c1ccc(C(=O)Nc2nnc(Cc3ccc(Cl)s3)o2)cc1. The second-order valence-corrected chi connectivity index (χ2v) is 6.77. The first-order chi connectivity index (χ1) is 11.5. The van der Waals surface area contributed by atoms with Crippen molar-refractivity contribution >= 4 is 40.6 Å². The molecule has 1 aromatic carbocycles. The van der Waals surface area contributed by atoms with E-state index in [0.29, 0.717) is 27.8 Å². The summed E-state index contributed by atoms with van der Waals surface area (Å²) in [5.74, 6) is -0.0626. The molecule has 0 fully saturated rings. The highest BCUT2D eigenvalue weighted by Crippen LogP contribution is 2.23. The molecule has 0 bridgehead atoms. The number of hydrogen-bond donors (Lipinski definition) is 1. The lowest BCUT2D eigenvalue weighted by atomic mass is 10.1. The minimum atomic E-state index is -0.389. The van der Waals surface area contributed by atoms with E-state index in [4.69, 9.17) is 16.0 Å². The van der Waals surface area contributed by atoms with Crippen molar-refractivity contribution in [2.75, 3.05) is 5.32 Å². The standard InChI is InChI=1S/C16H12ClN3O3S/c1-9(21)10-2-4-11(5-3-10)15(22)18-16-20-19-14(23-16)8-12-6-7-13(17)24-12/h2-7H,8H2,1H3,(H,18,20,22). The quantitative estimate of drug-likeness (QED) is 0.698. The fourth-order valence-corrected chi connectivity index (χ4v) is 3.08. The summed E-state index contributed by atoms with van der Waals surface area (Å²) < 4.78 is 6.09. The monoisotopic (exact) mass is 361 g/mol. The Balaban J connectivity index is 1.65. The molecule has 0 radical (unpaired) electrons. The zero-order valence-electron chi connectivity index (χ0n) is 12.6. The van der Waals surface area contributed by atoms with Gasteiger partial charge in [0.15, 0.2) is 5.78 Å². The maximum absolute atomic E-state index is 12.1. The van der Waals surface area contributed by atoms with Crippen LogP contribution in [0.1, 0.15) is 38.4 Å². The Morgan fingerprint density at radius 2 is 1.83 bits per heavy atom. The summed E-state index contributed by atoms with van der Waals surface area (Å²) in [4.78, 5) is 24.3. The van der Waals surface area contributed by atoms with Gasteiger partial charge in [0, 0.05) is 16.0 Å². The molecule has 0 aliphatic rings. The Bertz CT molecular complexity index is 886. The largest absolute Gasteiger partial charge is 0.407 e. The average molecular weight is 362 g/mol. The third-order valence-electron chi connectivity index (χ3n) is 3.20. The Morgan fingerprint density at radius 3 is 2.46 bits per heavy atom. The van der Waals surface area contributed by atoms with Crippen molar-refractivity contribution in [1.29, 1.82) is 0 Å². The zero-order valence-corrected chi connectivity index (χ0v) is 14.1. The van der Waals surface area contributed by atoms with Gasteiger partial charge in [-0.3, -0.25) is 14.9 Å². The Kier molecular flexibility index (Phi) is 4.73. The third kappa shape index (κ3) is 3.87. The van der Waals surface area contributed by atoms with Gasteiger partial charge in [0.25, 0.3) is 5.91 Å². The number of carbonyl (C=O) groups is 2. The summed E-state index contributed by atoms with van der Waals surface area (Å²) in [6.45, 7) is 1.47. The number of rotatable bonds is 5. The number of halogens is 1. The predicted molar refractivity (Wildman–Crippen MR) is 90.8 cm³/mol. The second kappa shape index (κ2) is 6.94. The molecule has 1 N–H and O–H groups in total. The predicted octanol–water partition coefficient (Wildman–Crippen LogP) is 3.83. The summed E-state index contributed by atoms with van der Waals surface area (Å²) in [6.07, 6.45) is 0.452. The highest BCUT2D eigenvalue weighted by Gasteiger charge is 2.13. The number of thiophene rings is 1. The molecule has 2 aromatic heterocycles. The van der Waals surface area contributed by atoms with Crippen molar-refractivity contribution in [3.63, 3.8) is 0 Å². The van der Waals surface area contributed by atoms with Crippen LogP contribution in [0, 0.1) is 0 Å². The molecule has 2 heterocycles. The lowest BCUT2D eigenvalue weighted by Crippen LogP contribution is -2.12. The van der Waals surface area contributed by atoms with Crippen LogP contribution < -0.4 is 5.32 Å². The number of Topliss-reactive ketones (excluding diaryl/α,β-unsaturated/α-hetero) is 1. The van der Waals surface area contributed by atoms with Crippen LogP contribution in [-0.4, -0.2) is 21.9 Å². The van der Waals surface area contributed by atoms with Gasteiger partial charge >= 0.3 is 6.01 Å². The molecule has 0 aliphatic carbocycles. The molecule has 0 unspecified atom stereocenters. The minimum Gasteiger partial charge on any atom is -0.407 e. The molecule has 8 heteroatoms. The lowest BCUT2D eigenvalue weighted by molar-refractivity contribution is 0.100. The number of carbonyl (C=O) groups excluding carboxylic acids is 2. The fraction of sp³-hybridized carbons (Fsp3) is 0.125. The van der Waals surface area contributed by atoms with Gasteiger partial charge in [0.1, 0.15) is 0 Å². The maximum Gasteiger partial charge on any atom is 0.322 e.